The molecule has 0 spiro atoms. The van der Waals surface area contributed by atoms with Crippen LogP contribution in [0.4, 0.5) is 17.3 Å². The summed E-state index contributed by atoms with van der Waals surface area (Å²) < 4.78 is 11.2. The van der Waals surface area contributed by atoms with E-state index >= 15 is 0 Å². The van der Waals surface area contributed by atoms with E-state index in [9.17, 15) is 0 Å². The van der Waals surface area contributed by atoms with E-state index < -0.39 is 0 Å². The van der Waals surface area contributed by atoms with E-state index in [2.05, 4.69) is 44.5 Å². The highest BCUT2D eigenvalue weighted by Crippen LogP contribution is 2.33. The summed E-state index contributed by atoms with van der Waals surface area (Å²) in [7, 11) is 0. The van der Waals surface area contributed by atoms with Crippen molar-refractivity contribution in [3.63, 3.8) is 0 Å². The van der Waals surface area contributed by atoms with E-state index in [4.69, 9.17) is 9.47 Å². The van der Waals surface area contributed by atoms with Gasteiger partial charge in [0.25, 0.3) is 0 Å². The summed E-state index contributed by atoms with van der Waals surface area (Å²) in [5.41, 5.74) is 3.70. The van der Waals surface area contributed by atoms with Crippen molar-refractivity contribution in [2.45, 2.75) is 13.0 Å². The molecule has 6 nitrogen and oxygen atoms in total. The Morgan fingerprint density at radius 2 is 1.74 bits per heavy atom. The van der Waals surface area contributed by atoms with Crippen LogP contribution in [-0.2, 0) is 13.0 Å². The van der Waals surface area contributed by atoms with Gasteiger partial charge in [-0.15, -0.1) is 0 Å². The molecule has 0 unspecified atom stereocenters. The lowest BCUT2D eigenvalue weighted by atomic mass is 10.00. The second-order valence-corrected chi connectivity index (χ2v) is 6.69. The minimum atomic E-state index is 0.574. The van der Waals surface area contributed by atoms with Crippen molar-refractivity contribution in [2.75, 3.05) is 30.0 Å². The predicted octanol–water partition coefficient (Wildman–Crippen LogP) is 3.55. The highest BCUT2D eigenvalue weighted by Gasteiger charge is 2.18. The van der Waals surface area contributed by atoms with Crippen molar-refractivity contribution in [3.8, 4) is 11.5 Å². The summed E-state index contributed by atoms with van der Waals surface area (Å²) in [5.74, 6) is 3.23. The van der Waals surface area contributed by atoms with E-state index in [1.54, 1.807) is 6.33 Å². The van der Waals surface area contributed by atoms with Crippen molar-refractivity contribution in [1.82, 2.24) is 9.97 Å². The Kier molecular flexibility index (Phi) is 4.01. The summed E-state index contributed by atoms with van der Waals surface area (Å²) in [5, 5.41) is 3.34. The molecule has 5 rings (SSSR count). The number of hydrogen-bond acceptors (Lipinski definition) is 6. The maximum absolute atomic E-state index is 5.65. The average Bonchev–Trinajstić information content (AvgIpc) is 2.73. The molecular weight excluding hydrogens is 340 g/mol. The largest absolute Gasteiger partial charge is 0.486 e. The van der Waals surface area contributed by atoms with Crippen LogP contribution in [-0.4, -0.2) is 29.7 Å². The van der Waals surface area contributed by atoms with Gasteiger partial charge in [0.1, 0.15) is 31.2 Å². The van der Waals surface area contributed by atoms with Crippen LogP contribution in [0.1, 0.15) is 11.1 Å². The minimum absolute atomic E-state index is 0.574. The molecular formula is C21H20N4O2. The van der Waals surface area contributed by atoms with Gasteiger partial charge >= 0.3 is 0 Å². The molecule has 0 fully saturated rings. The smallest absolute Gasteiger partial charge is 0.163 e. The number of anilines is 3. The molecule has 1 aromatic heterocycles. The normalized spacial score (nSPS) is 15.2. The Labute approximate surface area is 157 Å². The number of fused-ring (bicyclic) bond motifs is 2. The summed E-state index contributed by atoms with van der Waals surface area (Å²) in [6.07, 6.45) is 2.64. The van der Waals surface area contributed by atoms with Crippen molar-refractivity contribution < 1.29 is 9.47 Å². The van der Waals surface area contributed by atoms with Gasteiger partial charge in [0.05, 0.1) is 0 Å². The standard InChI is InChI=1S/C21H20N4O2/c1-2-4-16-13-25(8-7-15(16)3-1)21-12-20(22-14-23-21)24-17-5-6-18-19(11-17)27-10-9-26-18/h1-6,11-12,14H,7-10,13H2,(H,22,23,24). The maximum atomic E-state index is 5.65. The molecule has 0 saturated carbocycles. The van der Waals surface area contributed by atoms with E-state index in [0.717, 1.165) is 48.3 Å². The van der Waals surface area contributed by atoms with Gasteiger partial charge in [-0.25, -0.2) is 9.97 Å². The fraction of sp³-hybridized carbons (Fsp3) is 0.238. The van der Waals surface area contributed by atoms with Gasteiger partial charge in [0, 0.05) is 30.9 Å². The van der Waals surface area contributed by atoms with Crippen LogP contribution in [0.3, 0.4) is 0 Å². The van der Waals surface area contributed by atoms with Gasteiger partial charge in [-0.3, -0.25) is 0 Å². The van der Waals surface area contributed by atoms with Crippen molar-refractivity contribution in [2.24, 2.45) is 0 Å². The number of hydrogen-bond donors (Lipinski definition) is 1. The second kappa shape index (κ2) is 6.79. The van der Waals surface area contributed by atoms with Crippen LogP contribution < -0.4 is 19.7 Å². The van der Waals surface area contributed by atoms with Gasteiger partial charge < -0.3 is 19.7 Å². The Hall–Kier alpha value is -3.28. The fourth-order valence-corrected chi connectivity index (χ4v) is 3.55. The molecule has 3 aromatic rings. The molecule has 3 heterocycles. The SMILES string of the molecule is c1ccc2c(c1)CCN(c1cc(Nc3ccc4c(c3)OCCO4)ncn1)C2. The summed E-state index contributed by atoms with van der Waals surface area (Å²) in [4.78, 5) is 11.1. The van der Waals surface area contributed by atoms with Crippen LogP contribution in [0, 0.1) is 0 Å². The molecule has 0 saturated heterocycles. The lowest BCUT2D eigenvalue weighted by molar-refractivity contribution is 0.171. The zero-order valence-electron chi connectivity index (χ0n) is 14.9. The molecule has 0 atom stereocenters. The molecule has 0 amide bonds. The Morgan fingerprint density at radius 3 is 2.67 bits per heavy atom. The van der Waals surface area contributed by atoms with Crippen LogP contribution >= 0.6 is 0 Å². The first kappa shape index (κ1) is 15.9. The lowest BCUT2D eigenvalue weighted by Gasteiger charge is -2.29. The number of benzene rings is 2. The molecule has 2 aliphatic rings. The molecule has 0 radical (unpaired) electrons. The fourth-order valence-electron chi connectivity index (χ4n) is 3.55. The third kappa shape index (κ3) is 3.26. The predicted molar refractivity (Wildman–Crippen MR) is 104 cm³/mol. The van der Waals surface area contributed by atoms with Gasteiger partial charge in [-0.05, 0) is 29.7 Å². The molecule has 6 heteroatoms. The summed E-state index contributed by atoms with van der Waals surface area (Å²) >= 11 is 0. The highest BCUT2D eigenvalue weighted by atomic mass is 16.6. The molecule has 2 aromatic carbocycles. The van der Waals surface area contributed by atoms with Crippen molar-refractivity contribution in [3.05, 3.63) is 66.0 Å². The molecule has 136 valence electrons. The van der Waals surface area contributed by atoms with Crippen LogP contribution in [0.25, 0.3) is 0 Å². The van der Waals surface area contributed by atoms with Gasteiger partial charge in [0.2, 0.25) is 0 Å². The average molecular weight is 360 g/mol. The van der Waals surface area contributed by atoms with E-state index in [1.165, 1.54) is 11.1 Å². The summed E-state index contributed by atoms with van der Waals surface area (Å²) in [6, 6.07) is 16.4. The van der Waals surface area contributed by atoms with Gasteiger partial charge in [-0.1, -0.05) is 24.3 Å². The second-order valence-electron chi connectivity index (χ2n) is 6.69. The van der Waals surface area contributed by atoms with Crippen molar-refractivity contribution >= 4 is 17.3 Å². The van der Waals surface area contributed by atoms with Gasteiger partial charge in [-0.2, -0.15) is 0 Å². The van der Waals surface area contributed by atoms with Crippen LogP contribution in [0.15, 0.2) is 54.9 Å². The first-order chi connectivity index (χ1) is 13.3. The van der Waals surface area contributed by atoms with Crippen LogP contribution in [0.5, 0.6) is 11.5 Å². The number of nitrogens with one attached hydrogen (secondary N) is 1. The molecule has 27 heavy (non-hydrogen) atoms. The Balaban J connectivity index is 1.35. The van der Waals surface area contributed by atoms with Crippen molar-refractivity contribution in [1.29, 1.82) is 0 Å². The zero-order chi connectivity index (χ0) is 18.1. The molecule has 0 aliphatic carbocycles. The summed E-state index contributed by atoms with van der Waals surface area (Å²) in [6.45, 7) is 2.99. The van der Waals surface area contributed by atoms with Crippen LogP contribution in [0.2, 0.25) is 0 Å². The van der Waals surface area contributed by atoms with E-state index in [1.807, 2.05) is 24.3 Å². The molecule has 1 N–H and O–H groups in total. The molecule has 0 bridgehead atoms. The number of rotatable bonds is 3. The monoisotopic (exact) mass is 360 g/mol. The van der Waals surface area contributed by atoms with E-state index in [0.29, 0.717) is 13.2 Å². The third-order valence-electron chi connectivity index (χ3n) is 4.92. The zero-order valence-corrected chi connectivity index (χ0v) is 14.9. The first-order valence-corrected chi connectivity index (χ1v) is 9.16. The third-order valence-corrected chi connectivity index (χ3v) is 4.92. The minimum Gasteiger partial charge on any atom is -0.486 e. The topological polar surface area (TPSA) is 59.5 Å². The quantitative estimate of drug-likeness (QED) is 0.771. The van der Waals surface area contributed by atoms with Gasteiger partial charge in [0.15, 0.2) is 11.5 Å². The number of aromatic nitrogens is 2. The highest BCUT2D eigenvalue weighted by molar-refractivity contribution is 5.63. The Morgan fingerprint density at radius 1 is 0.889 bits per heavy atom. The lowest BCUT2D eigenvalue weighted by Crippen LogP contribution is -2.31. The number of nitrogens with zero attached hydrogens (tertiary/aromatic N) is 3. The molecule has 2 aliphatic heterocycles. The van der Waals surface area contributed by atoms with E-state index in [-0.39, 0.29) is 0 Å². The number of ether oxygens (including phenoxy) is 2. The maximum Gasteiger partial charge on any atom is 0.163 e. The first-order valence-electron chi connectivity index (χ1n) is 9.16. The Bertz CT molecular complexity index is 976.